The predicted molar refractivity (Wildman–Crippen MR) is 171 cm³/mol. The minimum atomic E-state index is -0.553. The van der Waals surface area contributed by atoms with E-state index in [2.05, 4.69) is 38.7 Å². The molecule has 9 nitrogen and oxygen atoms in total. The number of nitrogens with zero attached hydrogens (tertiary/aromatic N) is 6. The first-order valence-electron chi connectivity index (χ1n) is 15.3. The number of nitriles is 1. The summed E-state index contributed by atoms with van der Waals surface area (Å²) in [5.41, 5.74) is 6.53. The molecule has 9 heteroatoms. The first-order chi connectivity index (χ1) is 21.2. The van der Waals surface area contributed by atoms with Crippen LogP contribution in [-0.2, 0) is 4.74 Å². The fourth-order valence-corrected chi connectivity index (χ4v) is 5.96. The molecule has 2 aromatic heterocycles. The van der Waals surface area contributed by atoms with Gasteiger partial charge in [0.2, 0.25) is 0 Å². The molecule has 0 N–H and O–H groups in total. The van der Waals surface area contributed by atoms with Gasteiger partial charge in [-0.15, -0.1) is 0 Å². The zero-order chi connectivity index (χ0) is 30.8. The van der Waals surface area contributed by atoms with Gasteiger partial charge in [-0.05, 0) is 87.6 Å². The molecule has 6 rings (SSSR count). The number of ether oxygens (including phenoxy) is 1. The van der Waals surface area contributed by atoms with E-state index >= 15 is 0 Å². The van der Waals surface area contributed by atoms with Crippen molar-refractivity contribution in [2.75, 3.05) is 44.2 Å². The number of amides is 2. The molecule has 0 spiro atoms. The van der Waals surface area contributed by atoms with E-state index in [0.29, 0.717) is 37.3 Å². The molecular formula is C35H38N6O3. The van der Waals surface area contributed by atoms with E-state index in [1.165, 1.54) is 6.42 Å². The van der Waals surface area contributed by atoms with Gasteiger partial charge in [-0.25, -0.2) is 9.78 Å². The van der Waals surface area contributed by atoms with Crippen molar-refractivity contribution in [3.8, 4) is 28.5 Å². The second kappa shape index (κ2) is 12.0. The largest absolute Gasteiger partial charge is 0.444 e. The zero-order valence-electron chi connectivity index (χ0n) is 25.6. The summed E-state index contributed by atoms with van der Waals surface area (Å²) in [6.07, 6.45) is 7.00. The third kappa shape index (κ3) is 6.11. The molecule has 226 valence electrons. The number of carbonyl (C=O) groups is 2. The van der Waals surface area contributed by atoms with Crippen LogP contribution in [-0.4, -0.2) is 76.1 Å². The number of piperazine rings is 1. The first kappa shape index (κ1) is 29.2. The second-order valence-electron chi connectivity index (χ2n) is 12.5. The minimum absolute atomic E-state index is 0.00544. The van der Waals surface area contributed by atoms with Gasteiger partial charge >= 0.3 is 6.09 Å². The summed E-state index contributed by atoms with van der Waals surface area (Å²) in [5.74, 6) is -0.00544. The topological polar surface area (TPSA) is 94.2 Å². The van der Waals surface area contributed by atoms with E-state index in [0.717, 1.165) is 59.7 Å². The Morgan fingerprint density at radius 1 is 0.818 bits per heavy atom. The van der Waals surface area contributed by atoms with E-state index in [9.17, 15) is 14.9 Å². The van der Waals surface area contributed by atoms with Crippen LogP contribution < -0.4 is 4.90 Å². The Labute approximate surface area is 258 Å². The highest BCUT2D eigenvalue weighted by Crippen LogP contribution is 2.33. The smallest absolute Gasteiger partial charge is 0.410 e. The monoisotopic (exact) mass is 590 g/mol. The van der Waals surface area contributed by atoms with Crippen molar-refractivity contribution in [3.63, 3.8) is 0 Å². The molecule has 2 saturated heterocycles. The van der Waals surface area contributed by atoms with Gasteiger partial charge in [0.1, 0.15) is 11.2 Å². The lowest BCUT2D eigenvalue weighted by atomic mass is 10.00. The van der Waals surface area contributed by atoms with Gasteiger partial charge in [0, 0.05) is 51.0 Å². The number of carbonyl (C=O) groups excluding carboxylic acids is 2. The van der Waals surface area contributed by atoms with Crippen molar-refractivity contribution in [2.24, 2.45) is 0 Å². The van der Waals surface area contributed by atoms with Gasteiger partial charge in [0.25, 0.3) is 5.91 Å². The van der Waals surface area contributed by atoms with Crippen LogP contribution in [0.3, 0.4) is 0 Å². The molecule has 2 aliphatic heterocycles. The van der Waals surface area contributed by atoms with E-state index in [4.69, 9.17) is 4.74 Å². The quantitative estimate of drug-likeness (QED) is 0.280. The molecular weight excluding hydrogens is 552 g/mol. The van der Waals surface area contributed by atoms with Crippen molar-refractivity contribution in [1.82, 2.24) is 19.2 Å². The lowest BCUT2D eigenvalue weighted by Crippen LogP contribution is -2.51. The van der Waals surface area contributed by atoms with Crippen LogP contribution >= 0.6 is 0 Å². The predicted octanol–water partition coefficient (Wildman–Crippen LogP) is 6.22. The Morgan fingerprint density at radius 3 is 2.16 bits per heavy atom. The average Bonchev–Trinajstić information content (AvgIpc) is 3.47. The van der Waals surface area contributed by atoms with Crippen LogP contribution in [0.5, 0.6) is 0 Å². The van der Waals surface area contributed by atoms with Gasteiger partial charge in [-0.2, -0.15) is 5.26 Å². The summed E-state index contributed by atoms with van der Waals surface area (Å²) in [6.45, 7) is 9.24. The molecule has 0 atom stereocenters. The number of hydrogen-bond donors (Lipinski definition) is 0. The SMILES string of the molecule is CC(C)(C)OC(=O)N1CCN(C(=O)c2ccc(-c3ccc4ncc(-c5ccc(C#N)cc5)n4c3)cc2N2CCCCC2)CC1. The number of benzene rings is 2. The third-order valence-electron chi connectivity index (χ3n) is 8.29. The molecule has 2 aromatic carbocycles. The number of pyridine rings is 1. The van der Waals surface area contributed by atoms with Crippen molar-refractivity contribution in [2.45, 2.75) is 45.6 Å². The Balaban J connectivity index is 1.28. The number of imidazole rings is 1. The Kier molecular flexibility index (Phi) is 8.00. The molecule has 0 radical (unpaired) electrons. The third-order valence-corrected chi connectivity index (χ3v) is 8.29. The number of aromatic nitrogens is 2. The van der Waals surface area contributed by atoms with Crippen LogP contribution in [0, 0.1) is 11.3 Å². The molecule has 4 heterocycles. The summed E-state index contributed by atoms with van der Waals surface area (Å²) in [7, 11) is 0. The lowest BCUT2D eigenvalue weighted by Gasteiger charge is -2.37. The summed E-state index contributed by atoms with van der Waals surface area (Å²) < 4.78 is 7.60. The number of fused-ring (bicyclic) bond motifs is 1. The maximum Gasteiger partial charge on any atom is 0.410 e. The van der Waals surface area contributed by atoms with E-state index in [1.807, 2.05) is 74.3 Å². The highest BCUT2D eigenvalue weighted by molar-refractivity contribution is 6.01. The highest BCUT2D eigenvalue weighted by Gasteiger charge is 2.30. The molecule has 0 aliphatic carbocycles. The van der Waals surface area contributed by atoms with Gasteiger partial charge in [0.15, 0.2) is 0 Å². The van der Waals surface area contributed by atoms with Crippen LogP contribution in [0.15, 0.2) is 67.0 Å². The maximum atomic E-state index is 13.9. The summed E-state index contributed by atoms with van der Waals surface area (Å²) in [4.78, 5) is 37.0. The van der Waals surface area contributed by atoms with Crippen molar-refractivity contribution < 1.29 is 14.3 Å². The number of piperidine rings is 1. The van der Waals surface area contributed by atoms with Crippen molar-refractivity contribution in [1.29, 1.82) is 5.26 Å². The molecule has 0 saturated carbocycles. The average molecular weight is 591 g/mol. The number of anilines is 1. The lowest BCUT2D eigenvalue weighted by molar-refractivity contribution is 0.0141. The Bertz CT molecular complexity index is 1720. The van der Waals surface area contributed by atoms with Gasteiger partial charge in [-0.3, -0.25) is 9.20 Å². The van der Waals surface area contributed by atoms with Crippen LogP contribution in [0.25, 0.3) is 28.0 Å². The van der Waals surface area contributed by atoms with Gasteiger partial charge < -0.3 is 19.4 Å². The normalized spacial score (nSPS) is 15.7. The van der Waals surface area contributed by atoms with Crippen LogP contribution in [0.4, 0.5) is 10.5 Å². The fraction of sp³-hybridized carbons (Fsp3) is 0.371. The highest BCUT2D eigenvalue weighted by atomic mass is 16.6. The van der Waals surface area contributed by atoms with Crippen LogP contribution in [0.1, 0.15) is 56.0 Å². The van der Waals surface area contributed by atoms with Crippen LogP contribution in [0.2, 0.25) is 0 Å². The summed E-state index contributed by atoms with van der Waals surface area (Å²) >= 11 is 0. The van der Waals surface area contributed by atoms with E-state index < -0.39 is 5.60 Å². The molecule has 2 fully saturated rings. The molecule has 2 amide bonds. The Morgan fingerprint density at radius 2 is 1.48 bits per heavy atom. The van der Waals surface area contributed by atoms with E-state index in [1.54, 1.807) is 4.90 Å². The molecule has 0 unspecified atom stereocenters. The van der Waals surface area contributed by atoms with Gasteiger partial charge in [0.05, 0.1) is 34.8 Å². The zero-order valence-corrected chi connectivity index (χ0v) is 25.6. The van der Waals surface area contributed by atoms with Gasteiger partial charge in [-0.1, -0.05) is 18.2 Å². The molecule has 0 bridgehead atoms. The number of rotatable bonds is 4. The standard InChI is InChI=1S/C35H38N6O3/c1-35(2,3)44-34(43)40-19-17-39(18-20-40)33(42)29-13-11-27(21-30(29)38-15-5-4-6-16-38)28-12-14-32-37-23-31(41(32)24-28)26-9-7-25(22-36)8-10-26/h7-14,21,23-24H,4-6,15-20H2,1-3H3. The fourth-order valence-electron chi connectivity index (χ4n) is 5.96. The molecule has 4 aromatic rings. The van der Waals surface area contributed by atoms with Crippen molar-refractivity contribution in [3.05, 3.63) is 78.1 Å². The summed E-state index contributed by atoms with van der Waals surface area (Å²) in [5, 5.41) is 9.19. The van der Waals surface area contributed by atoms with E-state index in [-0.39, 0.29) is 12.0 Å². The number of hydrogen-bond acceptors (Lipinski definition) is 6. The minimum Gasteiger partial charge on any atom is -0.444 e. The Hall–Kier alpha value is -4.84. The molecule has 2 aliphatic rings. The summed E-state index contributed by atoms with van der Waals surface area (Å²) in [6, 6.07) is 19.9. The van der Waals surface area contributed by atoms with Crippen molar-refractivity contribution >= 4 is 23.3 Å². The molecule has 44 heavy (non-hydrogen) atoms. The maximum absolute atomic E-state index is 13.9. The second-order valence-corrected chi connectivity index (χ2v) is 12.5. The first-order valence-corrected chi connectivity index (χ1v) is 15.3.